The summed E-state index contributed by atoms with van der Waals surface area (Å²) in [6.07, 6.45) is 3.42. The molecule has 0 spiro atoms. The summed E-state index contributed by atoms with van der Waals surface area (Å²) in [5, 5.41) is 3.30. The van der Waals surface area contributed by atoms with Crippen molar-refractivity contribution in [3.8, 4) is 5.69 Å². The highest BCUT2D eigenvalue weighted by molar-refractivity contribution is 7.80. The van der Waals surface area contributed by atoms with Gasteiger partial charge in [-0.05, 0) is 79.3 Å². The Balaban J connectivity index is 1.75. The molecule has 1 aliphatic heterocycles. The van der Waals surface area contributed by atoms with Crippen LogP contribution < -0.4 is 10.2 Å². The number of anilines is 1. The second kappa shape index (κ2) is 7.66. The molecule has 5 nitrogen and oxygen atoms in total. The van der Waals surface area contributed by atoms with E-state index in [2.05, 4.69) is 5.32 Å². The molecule has 1 N–H and O–H groups in total. The zero-order valence-corrected chi connectivity index (χ0v) is 17.0. The summed E-state index contributed by atoms with van der Waals surface area (Å²) in [5.74, 6) is -0.985. The molecule has 0 unspecified atom stereocenters. The summed E-state index contributed by atoms with van der Waals surface area (Å²) in [6.45, 7) is 1.93. The maximum Gasteiger partial charge on any atom is 0.270 e. The van der Waals surface area contributed by atoms with Crippen LogP contribution in [0.4, 0.5) is 5.69 Å². The molecule has 0 aliphatic carbocycles. The minimum absolute atomic E-state index is 0.00835. The molecule has 0 saturated carbocycles. The van der Waals surface area contributed by atoms with Gasteiger partial charge in [0.15, 0.2) is 5.11 Å². The molecule has 0 atom stereocenters. The van der Waals surface area contributed by atoms with E-state index in [-0.39, 0.29) is 10.7 Å². The largest absolute Gasteiger partial charge is 0.317 e. The van der Waals surface area contributed by atoms with Crippen molar-refractivity contribution in [1.29, 1.82) is 0 Å². The van der Waals surface area contributed by atoms with E-state index >= 15 is 0 Å². The maximum atomic E-state index is 13.2. The van der Waals surface area contributed by atoms with Gasteiger partial charge in [-0.2, -0.15) is 0 Å². The Morgan fingerprint density at radius 1 is 1.00 bits per heavy atom. The predicted octanol–water partition coefficient (Wildman–Crippen LogP) is 4.27. The van der Waals surface area contributed by atoms with Crippen molar-refractivity contribution < 1.29 is 9.59 Å². The van der Waals surface area contributed by atoms with E-state index in [0.29, 0.717) is 16.4 Å². The van der Waals surface area contributed by atoms with Gasteiger partial charge in [-0.1, -0.05) is 23.7 Å². The van der Waals surface area contributed by atoms with Crippen LogP contribution in [-0.2, 0) is 9.59 Å². The highest BCUT2D eigenvalue weighted by Crippen LogP contribution is 2.24. The first kappa shape index (κ1) is 19.1. The molecule has 0 radical (unpaired) electrons. The second-order valence-electron chi connectivity index (χ2n) is 6.58. The highest BCUT2D eigenvalue weighted by atomic mass is 35.5. The molecule has 2 aromatic carbocycles. The van der Waals surface area contributed by atoms with E-state index < -0.39 is 11.8 Å². The summed E-state index contributed by atoms with van der Waals surface area (Å²) in [7, 11) is 0. The van der Waals surface area contributed by atoms with Gasteiger partial charge in [0.05, 0.1) is 5.69 Å². The second-order valence-corrected chi connectivity index (χ2v) is 7.40. The van der Waals surface area contributed by atoms with Crippen LogP contribution in [0.2, 0.25) is 5.02 Å². The van der Waals surface area contributed by atoms with Crippen LogP contribution in [-0.4, -0.2) is 21.5 Å². The number of carbonyl (C=O) groups excluding carboxylic acids is 2. The van der Waals surface area contributed by atoms with E-state index in [1.165, 1.54) is 4.90 Å². The van der Waals surface area contributed by atoms with Crippen molar-refractivity contribution in [2.24, 2.45) is 0 Å². The average molecular weight is 422 g/mol. The van der Waals surface area contributed by atoms with Crippen molar-refractivity contribution in [2.45, 2.75) is 6.92 Å². The molecular formula is C22H16ClN3O2S. The van der Waals surface area contributed by atoms with Crippen molar-refractivity contribution in [1.82, 2.24) is 9.88 Å². The fourth-order valence-corrected chi connectivity index (χ4v) is 3.56. The summed E-state index contributed by atoms with van der Waals surface area (Å²) in [6, 6.07) is 18.3. The molecule has 29 heavy (non-hydrogen) atoms. The van der Waals surface area contributed by atoms with Crippen LogP contribution in [0.25, 0.3) is 11.8 Å². The van der Waals surface area contributed by atoms with Gasteiger partial charge in [-0.25, -0.2) is 0 Å². The Labute approximate surface area is 178 Å². The van der Waals surface area contributed by atoms with Crippen LogP contribution in [0, 0.1) is 6.92 Å². The number of thiocarbonyl (C=S) groups is 1. The van der Waals surface area contributed by atoms with Crippen LogP contribution in [0.15, 0.2) is 72.4 Å². The first-order chi connectivity index (χ1) is 13.9. The summed E-state index contributed by atoms with van der Waals surface area (Å²) in [5.41, 5.74) is 3.15. The first-order valence-corrected chi connectivity index (χ1v) is 9.64. The third-order valence-corrected chi connectivity index (χ3v) is 5.08. The van der Waals surface area contributed by atoms with Crippen molar-refractivity contribution >= 4 is 52.5 Å². The number of aryl methyl sites for hydroxylation is 1. The van der Waals surface area contributed by atoms with Gasteiger partial charge in [-0.3, -0.25) is 19.8 Å². The predicted molar refractivity (Wildman–Crippen MR) is 118 cm³/mol. The molecule has 2 heterocycles. The molecule has 144 valence electrons. The molecule has 1 fully saturated rings. The lowest BCUT2D eigenvalue weighted by molar-refractivity contribution is -0.122. The zero-order chi connectivity index (χ0) is 20.5. The third-order valence-electron chi connectivity index (χ3n) is 4.54. The molecule has 2 amide bonds. The molecule has 0 bridgehead atoms. The van der Waals surface area contributed by atoms with Gasteiger partial charge in [-0.15, -0.1) is 0 Å². The number of benzene rings is 2. The quantitative estimate of drug-likeness (QED) is 0.390. The molecule has 1 aliphatic rings. The Hall–Kier alpha value is -3.22. The number of halogens is 1. The number of hydrogen-bond acceptors (Lipinski definition) is 3. The van der Waals surface area contributed by atoms with Gasteiger partial charge in [0.2, 0.25) is 0 Å². The summed E-state index contributed by atoms with van der Waals surface area (Å²) >= 11 is 11.2. The Morgan fingerprint density at radius 2 is 1.76 bits per heavy atom. The fraction of sp³-hybridized carbons (Fsp3) is 0.0455. The number of nitrogens with one attached hydrogen (secondary N) is 1. The van der Waals surface area contributed by atoms with E-state index in [1.807, 2.05) is 60.2 Å². The molecular weight excluding hydrogens is 406 g/mol. The monoisotopic (exact) mass is 421 g/mol. The minimum atomic E-state index is -0.521. The summed E-state index contributed by atoms with van der Waals surface area (Å²) < 4.78 is 1.87. The lowest BCUT2D eigenvalue weighted by Gasteiger charge is -2.29. The van der Waals surface area contributed by atoms with Crippen molar-refractivity contribution in [3.05, 3.63) is 88.7 Å². The van der Waals surface area contributed by atoms with E-state index in [1.54, 1.807) is 24.3 Å². The number of nitrogens with zero attached hydrogens (tertiary/aromatic N) is 2. The molecule has 3 aromatic rings. The number of hydrogen-bond donors (Lipinski definition) is 1. The highest BCUT2D eigenvalue weighted by Gasteiger charge is 2.34. The third kappa shape index (κ3) is 3.72. The van der Waals surface area contributed by atoms with Gasteiger partial charge in [0, 0.05) is 22.6 Å². The van der Waals surface area contributed by atoms with E-state index in [4.69, 9.17) is 23.8 Å². The van der Waals surface area contributed by atoms with Gasteiger partial charge in [0.25, 0.3) is 11.8 Å². The van der Waals surface area contributed by atoms with Gasteiger partial charge < -0.3 is 4.57 Å². The lowest BCUT2D eigenvalue weighted by atomic mass is 10.1. The standard InChI is InChI=1S/C22H16ClN3O2S/c1-14-4-2-5-18(12-14)26-21(28)19(20(27)24-22(26)29)13-17-6-3-11-25(17)16-9-7-15(23)8-10-16/h2-13H,1H3,(H,24,27,29)/b19-13+. The van der Waals surface area contributed by atoms with E-state index in [0.717, 1.165) is 11.3 Å². The lowest BCUT2D eigenvalue weighted by Crippen LogP contribution is -2.54. The maximum absolute atomic E-state index is 13.2. The van der Waals surface area contributed by atoms with Crippen LogP contribution in [0.5, 0.6) is 0 Å². The van der Waals surface area contributed by atoms with Crippen LogP contribution in [0.3, 0.4) is 0 Å². The smallest absolute Gasteiger partial charge is 0.270 e. The minimum Gasteiger partial charge on any atom is -0.317 e. The molecule has 7 heteroatoms. The van der Waals surface area contributed by atoms with Gasteiger partial charge in [0.1, 0.15) is 5.57 Å². The number of amides is 2. The Bertz CT molecular complexity index is 1160. The molecule has 1 saturated heterocycles. The number of carbonyl (C=O) groups is 2. The topological polar surface area (TPSA) is 54.3 Å². The number of aromatic nitrogens is 1. The summed E-state index contributed by atoms with van der Waals surface area (Å²) in [4.78, 5) is 27.0. The fourth-order valence-electron chi connectivity index (χ4n) is 3.16. The SMILES string of the molecule is Cc1cccc(N2C(=O)/C(=C/c3cccn3-c3ccc(Cl)cc3)C(=O)NC2=S)c1. The Morgan fingerprint density at radius 3 is 2.48 bits per heavy atom. The van der Waals surface area contributed by atoms with Crippen molar-refractivity contribution in [2.75, 3.05) is 4.90 Å². The average Bonchev–Trinajstić information content (AvgIpc) is 3.14. The molecule has 4 rings (SSSR count). The van der Waals surface area contributed by atoms with Crippen molar-refractivity contribution in [3.63, 3.8) is 0 Å². The zero-order valence-electron chi connectivity index (χ0n) is 15.4. The first-order valence-electron chi connectivity index (χ1n) is 8.85. The number of rotatable bonds is 3. The molecule has 1 aromatic heterocycles. The van der Waals surface area contributed by atoms with Gasteiger partial charge >= 0.3 is 0 Å². The van der Waals surface area contributed by atoms with Crippen LogP contribution in [0.1, 0.15) is 11.3 Å². The van der Waals surface area contributed by atoms with E-state index in [9.17, 15) is 9.59 Å². The van der Waals surface area contributed by atoms with Crippen LogP contribution >= 0.6 is 23.8 Å². The Kier molecular flexibility index (Phi) is 5.05. The normalized spacial score (nSPS) is 15.7.